The van der Waals surface area contributed by atoms with Gasteiger partial charge in [0.15, 0.2) is 0 Å². The van der Waals surface area contributed by atoms with Crippen molar-refractivity contribution in [2.24, 2.45) is 5.84 Å². The normalized spacial score (nSPS) is 10.3. The van der Waals surface area contributed by atoms with Gasteiger partial charge in [0.05, 0.1) is 7.11 Å². The number of aromatic nitrogens is 2. The molecular formula is C15H21N5O. The Morgan fingerprint density at radius 2 is 1.90 bits per heavy atom. The molecule has 0 fully saturated rings. The quantitative estimate of drug-likeness (QED) is 0.558. The van der Waals surface area contributed by atoms with E-state index in [1.165, 1.54) is 0 Å². The van der Waals surface area contributed by atoms with E-state index in [9.17, 15) is 0 Å². The Kier molecular flexibility index (Phi) is 4.94. The lowest BCUT2D eigenvalue weighted by molar-refractivity contribution is 0.410. The van der Waals surface area contributed by atoms with Crippen LogP contribution in [0.15, 0.2) is 24.3 Å². The number of nitrogens with one attached hydrogen (secondary N) is 2. The number of rotatable bonds is 6. The zero-order valence-corrected chi connectivity index (χ0v) is 12.6. The van der Waals surface area contributed by atoms with Gasteiger partial charge in [0.2, 0.25) is 0 Å². The van der Waals surface area contributed by atoms with E-state index in [1.807, 2.05) is 38.1 Å². The highest BCUT2D eigenvalue weighted by atomic mass is 16.5. The second kappa shape index (κ2) is 6.90. The van der Waals surface area contributed by atoms with Gasteiger partial charge in [-0.25, -0.2) is 15.8 Å². The van der Waals surface area contributed by atoms with Crippen LogP contribution in [0.4, 0.5) is 11.6 Å². The van der Waals surface area contributed by atoms with Crippen molar-refractivity contribution in [1.29, 1.82) is 0 Å². The van der Waals surface area contributed by atoms with Gasteiger partial charge >= 0.3 is 0 Å². The third-order valence-corrected chi connectivity index (χ3v) is 3.28. The standard InChI is InChI=1S/C15H21N5O/c1-4-13-18-14(10(2)15(19-13)20-16)17-9-11-7-5-6-8-12(11)21-3/h5-8H,4,9,16H2,1-3H3,(H2,17,18,19,20). The Morgan fingerprint density at radius 1 is 1.19 bits per heavy atom. The first-order valence-corrected chi connectivity index (χ1v) is 6.89. The Labute approximate surface area is 124 Å². The summed E-state index contributed by atoms with van der Waals surface area (Å²) in [7, 11) is 1.67. The number of methoxy groups -OCH3 is 1. The van der Waals surface area contributed by atoms with E-state index in [-0.39, 0.29) is 0 Å². The summed E-state index contributed by atoms with van der Waals surface area (Å²) in [6, 6.07) is 7.89. The number of nitrogens with zero attached hydrogens (tertiary/aromatic N) is 2. The molecule has 6 heteroatoms. The van der Waals surface area contributed by atoms with Gasteiger partial charge in [-0.2, -0.15) is 0 Å². The molecule has 1 heterocycles. The highest BCUT2D eigenvalue weighted by Gasteiger charge is 2.10. The van der Waals surface area contributed by atoms with Crippen molar-refractivity contribution in [1.82, 2.24) is 9.97 Å². The molecule has 0 atom stereocenters. The average Bonchev–Trinajstić information content (AvgIpc) is 2.54. The predicted molar refractivity (Wildman–Crippen MR) is 84.3 cm³/mol. The maximum absolute atomic E-state index is 5.51. The minimum absolute atomic E-state index is 0.620. The second-order valence-electron chi connectivity index (χ2n) is 4.63. The van der Waals surface area contributed by atoms with E-state index >= 15 is 0 Å². The third-order valence-electron chi connectivity index (χ3n) is 3.28. The van der Waals surface area contributed by atoms with Crippen molar-refractivity contribution >= 4 is 11.6 Å². The van der Waals surface area contributed by atoms with Gasteiger partial charge in [0, 0.05) is 24.1 Å². The van der Waals surface area contributed by atoms with Crippen LogP contribution in [-0.2, 0) is 13.0 Å². The molecular weight excluding hydrogens is 266 g/mol. The highest BCUT2D eigenvalue weighted by molar-refractivity contribution is 5.57. The SMILES string of the molecule is CCc1nc(NN)c(C)c(NCc2ccccc2OC)n1. The molecule has 0 bridgehead atoms. The zero-order valence-electron chi connectivity index (χ0n) is 12.6. The van der Waals surface area contributed by atoms with E-state index in [1.54, 1.807) is 7.11 Å². The smallest absolute Gasteiger partial charge is 0.148 e. The maximum atomic E-state index is 5.51. The largest absolute Gasteiger partial charge is 0.496 e. The summed E-state index contributed by atoms with van der Waals surface area (Å²) >= 11 is 0. The van der Waals surface area contributed by atoms with Crippen LogP contribution in [0.2, 0.25) is 0 Å². The van der Waals surface area contributed by atoms with E-state index < -0.39 is 0 Å². The van der Waals surface area contributed by atoms with Gasteiger partial charge in [0.1, 0.15) is 23.2 Å². The molecule has 21 heavy (non-hydrogen) atoms. The van der Waals surface area contributed by atoms with Crippen molar-refractivity contribution in [2.75, 3.05) is 17.9 Å². The summed E-state index contributed by atoms with van der Waals surface area (Å²) in [4.78, 5) is 8.86. The fourth-order valence-electron chi connectivity index (χ4n) is 2.06. The highest BCUT2D eigenvalue weighted by Crippen LogP contribution is 2.22. The fourth-order valence-corrected chi connectivity index (χ4v) is 2.06. The van der Waals surface area contributed by atoms with Crippen molar-refractivity contribution in [3.05, 3.63) is 41.2 Å². The van der Waals surface area contributed by atoms with Gasteiger partial charge in [0.25, 0.3) is 0 Å². The predicted octanol–water partition coefficient (Wildman–Crippen LogP) is 2.25. The van der Waals surface area contributed by atoms with Crippen LogP contribution >= 0.6 is 0 Å². The molecule has 0 saturated carbocycles. The van der Waals surface area contributed by atoms with Crippen LogP contribution in [0, 0.1) is 6.92 Å². The topological polar surface area (TPSA) is 85.1 Å². The van der Waals surface area contributed by atoms with Crippen molar-refractivity contribution < 1.29 is 4.74 Å². The third kappa shape index (κ3) is 3.41. The lowest BCUT2D eigenvalue weighted by atomic mass is 10.2. The van der Waals surface area contributed by atoms with Crippen LogP contribution in [-0.4, -0.2) is 17.1 Å². The van der Waals surface area contributed by atoms with E-state index in [0.717, 1.165) is 34.9 Å². The van der Waals surface area contributed by atoms with Gasteiger partial charge in [-0.15, -0.1) is 0 Å². The number of nitrogens with two attached hydrogens (primary N) is 1. The number of hydrogen-bond acceptors (Lipinski definition) is 6. The lowest BCUT2D eigenvalue weighted by Gasteiger charge is -2.14. The van der Waals surface area contributed by atoms with Gasteiger partial charge in [-0.05, 0) is 13.0 Å². The first-order chi connectivity index (χ1) is 10.2. The summed E-state index contributed by atoms with van der Waals surface area (Å²) in [6.07, 6.45) is 0.748. The number of nitrogen functional groups attached to an aromatic ring is 1. The number of anilines is 2. The minimum Gasteiger partial charge on any atom is -0.496 e. The van der Waals surface area contributed by atoms with Crippen molar-refractivity contribution in [3.63, 3.8) is 0 Å². The molecule has 0 radical (unpaired) electrons. The van der Waals surface area contributed by atoms with Crippen molar-refractivity contribution in [2.45, 2.75) is 26.8 Å². The van der Waals surface area contributed by atoms with Gasteiger partial charge < -0.3 is 15.5 Å². The molecule has 0 aliphatic carbocycles. The van der Waals surface area contributed by atoms with E-state index in [4.69, 9.17) is 10.6 Å². The Morgan fingerprint density at radius 3 is 2.57 bits per heavy atom. The summed E-state index contributed by atoms with van der Waals surface area (Å²) in [5.41, 5.74) is 4.58. The van der Waals surface area contributed by atoms with Crippen LogP contribution in [0.25, 0.3) is 0 Å². The molecule has 0 amide bonds. The summed E-state index contributed by atoms with van der Waals surface area (Å²) < 4.78 is 5.35. The summed E-state index contributed by atoms with van der Waals surface area (Å²) in [5, 5.41) is 3.33. The van der Waals surface area contributed by atoms with Crippen molar-refractivity contribution in [3.8, 4) is 5.75 Å². The minimum atomic E-state index is 0.620. The van der Waals surface area contributed by atoms with E-state index in [2.05, 4.69) is 20.7 Å². The Bertz CT molecular complexity index is 615. The molecule has 0 aliphatic rings. The Balaban J connectivity index is 2.23. The number of aryl methyl sites for hydroxylation is 1. The molecule has 2 rings (SSSR count). The fraction of sp³-hybridized carbons (Fsp3) is 0.333. The van der Waals surface area contributed by atoms with Gasteiger partial charge in [-0.3, -0.25) is 0 Å². The van der Waals surface area contributed by atoms with Crippen LogP contribution < -0.4 is 21.3 Å². The number of hydrogen-bond donors (Lipinski definition) is 3. The molecule has 1 aromatic heterocycles. The number of para-hydroxylation sites is 1. The molecule has 112 valence electrons. The maximum Gasteiger partial charge on any atom is 0.148 e. The lowest BCUT2D eigenvalue weighted by Crippen LogP contribution is -2.15. The second-order valence-corrected chi connectivity index (χ2v) is 4.63. The summed E-state index contributed by atoms with van der Waals surface area (Å²) in [6.45, 7) is 4.56. The molecule has 6 nitrogen and oxygen atoms in total. The zero-order chi connectivity index (χ0) is 15.2. The first-order valence-electron chi connectivity index (χ1n) is 6.89. The molecule has 1 aromatic carbocycles. The van der Waals surface area contributed by atoms with Crippen LogP contribution in [0.3, 0.4) is 0 Å². The average molecular weight is 287 g/mol. The molecule has 0 unspecified atom stereocenters. The monoisotopic (exact) mass is 287 g/mol. The first kappa shape index (κ1) is 15.1. The Hall–Kier alpha value is -2.34. The molecule has 0 spiro atoms. The number of hydrazine groups is 1. The van der Waals surface area contributed by atoms with Gasteiger partial charge in [-0.1, -0.05) is 25.1 Å². The summed E-state index contributed by atoms with van der Waals surface area (Å²) in [5.74, 6) is 8.53. The molecule has 0 aliphatic heterocycles. The van der Waals surface area contributed by atoms with Crippen LogP contribution in [0.5, 0.6) is 5.75 Å². The number of benzene rings is 1. The molecule has 4 N–H and O–H groups in total. The molecule has 2 aromatic rings. The van der Waals surface area contributed by atoms with Crippen LogP contribution in [0.1, 0.15) is 23.9 Å². The molecule has 0 saturated heterocycles. The number of ether oxygens (including phenoxy) is 1. The van der Waals surface area contributed by atoms with E-state index in [0.29, 0.717) is 12.4 Å².